The van der Waals surface area contributed by atoms with Gasteiger partial charge in [0.05, 0.1) is 6.10 Å². The fraction of sp³-hybridized carbons (Fsp3) is 0.588. The first kappa shape index (κ1) is 33.5. The summed E-state index contributed by atoms with van der Waals surface area (Å²) < 4.78 is 3.39. The molecule has 7 rings (SSSR count). The molecule has 4 aromatic heterocycles. The van der Waals surface area contributed by atoms with Gasteiger partial charge in [-0.05, 0) is 57.1 Å². The van der Waals surface area contributed by atoms with Crippen LogP contribution in [0.5, 0.6) is 0 Å². The summed E-state index contributed by atoms with van der Waals surface area (Å²) in [6, 6.07) is 7.37. The van der Waals surface area contributed by atoms with Crippen LogP contribution in [0.15, 0.2) is 46.2 Å². The van der Waals surface area contributed by atoms with E-state index in [1.54, 1.807) is 18.3 Å². The van der Waals surface area contributed by atoms with Gasteiger partial charge < -0.3 is 21.3 Å². The zero-order valence-corrected chi connectivity index (χ0v) is 26.7. The third kappa shape index (κ3) is 8.88. The Labute approximate surface area is 269 Å². The maximum atomic E-state index is 12.4. The number of anilines is 2. The van der Waals surface area contributed by atoms with Gasteiger partial charge in [-0.2, -0.15) is 9.97 Å². The smallest absolute Gasteiger partial charge is 0.252 e. The second kappa shape index (κ2) is 16.6. The Morgan fingerprint density at radius 1 is 0.761 bits per heavy atom. The number of fused-ring (bicyclic) bond motifs is 2. The molecule has 3 aliphatic rings. The van der Waals surface area contributed by atoms with Gasteiger partial charge in [0.25, 0.3) is 11.1 Å². The number of nitrogens with two attached hydrogens (primary N) is 1. The number of aromatic nitrogens is 6. The molecular weight excluding hydrogens is 584 g/mol. The minimum atomic E-state index is -0.154. The molecule has 3 fully saturated rings. The molecule has 4 heterocycles. The third-order valence-corrected chi connectivity index (χ3v) is 9.15. The molecule has 248 valence electrons. The van der Waals surface area contributed by atoms with E-state index in [1.807, 2.05) is 16.8 Å². The summed E-state index contributed by atoms with van der Waals surface area (Å²) in [6.45, 7) is 0.451. The van der Waals surface area contributed by atoms with E-state index in [1.165, 1.54) is 74.8 Å². The number of hydrogen-bond donors (Lipinski definition) is 4. The first-order valence-corrected chi connectivity index (χ1v) is 17.0. The van der Waals surface area contributed by atoms with E-state index >= 15 is 0 Å². The number of aliphatic hydroxyl groups is 2. The molecule has 3 aliphatic carbocycles. The number of hydrogen-bond acceptors (Lipinski definition) is 10. The number of aryl methyl sites for hydroxylation is 1. The van der Waals surface area contributed by atoms with Crippen molar-refractivity contribution in [3.05, 3.63) is 57.4 Å². The highest BCUT2D eigenvalue weighted by Crippen LogP contribution is 2.30. The van der Waals surface area contributed by atoms with Crippen LogP contribution in [0.4, 0.5) is 11.9 Å². The molecule has 46 heavy (non-hydrogen) atoms. The standard InChI is InChI=1S/C18H24N4O.C10H12N4O2.C6H12O/c23-16-11-10-13-12-19-18(20-14-6-2-1-3-7-14)21-17(13)22(16)15-8-4-5-9-15;11-10-12-6-7-2-3-8(16)14(4-1-5-15)9(7)13-10;7-6-4-2-1-3-5-6/h10-12,14-15H,1-9H2,(H,19,20,21);2-3,6,15H,1,4-5H2,(H2,11,12,13);6-7H,1-5H2. The van der Waals surface area contributed by atoms with Crippen molar-refractivity contribution in [2.45, 2.75) is 121 Å². The van der Waals surface area contributed by atoms with Gasteiger partial charge in [-0.3, -0.25) is 18.7 Å². The zero-order chi connectivity index (χ0) is 32.3. The minimum absolute atomic E-state index is 0.0311. The number of pyridine rings is 2. The van der Waals surface area contributed by atoms with Gasteiger partial charge in [0, 0.05) is 60.5 Å². The van der Waals surface area contributed by atoms with Crippen molar-refractivity contribution in [2.24, 2.45) is 0 Å². The topological polar surface area (TPSA) is 174 Å². The van der Waals surface area contributed by atoms with Gasteiger partial charge in [0.2, 0.25) is 11.9 Å². The Morgan fingerprint density at radius 2 is 1.37 bits per heavy atom. The summed E-state index contributed by atoms with van der Waals surface area (Å²) in [4.78, 5) is 41.1. The van der Waals surface area contributed by atoms with E-state index in [4.69, 9.17) is 20.9 Å². The lowest BCUT2D eigenvalue weighted by molar-refractivity contribution is 0.130. The number of rotatable bonds is 6. The molecule has 0 bridgehead atoms. The lowest BCUT2D eigenvalue weighted by Gasteiger charge is -2.23. The SMILES string of the molecule is Nc1ncc2ccc(=O)n(CCCO)c2n1.O=c1ccc2cnc(NC3CCCCC3)nc2n1C1CCCC1.OC1CCCCC1. The summed E-state index contributed by atoms with van der Waals surface area (Å²) in [7, 11) is 0. The quantitative estimate of drug-likeness (QED) is 0.233. The zero-order valence-electron chi connectivity index (χ0n) is 26.7. The van der Waals surface area contributed by atoms with Crippen molar-refractivity contribution in [2.75, 3.05) is 17.7 Å². The van der Waals surface area contributed by atoms with Crippen LogP contribution in [-0.2, 0) is 6.54 Å². The maximum Gasteiger partial charge on any atom is 0.252 e. The van der Waals surface area contributed by atoms with Crippen LogP contribution in [-0.4, -0.2) is 58.0 Å². The predicted molar refractivity (Wildman–Crippen MR) is 181 cm³/mol. The number of aliphatic hydroxyl groups excluding tert-OH is 2. The van der Waals surface area contributed by atoms with Crippen molar-refractivity contribution >= 4 is 34.0 Å². The number of nitrogens with one attached hydrogen (secondary N) is 1. The van der Waals surface area contributed by atoms with E-state index in [0.717, 1.165) is 42.1 Å². The largest absolute Gasteiger partial charge is 0.396 e. The Morgan fingerprint density at radius 3 is 2.02 bits per heavy atom. The summed E-state index contributed by atoms with van der Waals surface area (Å²) in [5.74, 6) is 0.803. The lowest BCUT2D eigenvalue weighted by Crippen LogP contribution is -2.26. The molecule has 5 N–H and O–H groups in total. The fourth-order valence-electron chi connectivity index (χ4n) is 6.66. The highest BCUT2D eigenvalue weighted by molar-refractivity contribution is 5.75. The molecule has 0 spiro atoms. The van der Waals surface area contributed by atoms with Gasteiger partial charge in [-0.15, -0.1) is 0 Å². The maximum absolute atomic E-state index is 12.4. The Bertz CT molecular complexity index is 1670. The second-order valence-corrected chi connectivity index (χ2v) is 12.6. The second-order valence-electron chi connectivity index (χ2n) is 12.6. The molecule has 0 atom stereocenters. The molecule has 0 unspecified atom stereocenters. The van der Waals surface area contributed by atoms with Gasteiger partial charge in [-0.25, -0.2) is 9.97 Å². The first-order chi connectivity index (χ1) is 22.4. The van der Waals surface area contributed by atoms with Crippen LogP contribution in [0.25, 0.3) is 22.1 Å². The molecule has 0 amide bonds. The van der Waals surface area contributed by atoms with Gasteiger partial charge in [-0.1, -0.05) is 51.4 Å². The molecule has 3 saturated carbocycles. The van der Waals surface area contributed by atoms with Crippen molar-refractivity contribution < 1.29 is 10.2 Å². The lowest BCUT2D eigenvalue weighted by atomic mass is 9.96. The summed E-state index contributed by atoms with van der Waals surface area (Å²) >= 11 is 0. The van der Waals surface area contributed by atoms with E-state index in [0.29, 0.717) is 36.6 Å². The summed E-state index contributed by atoms with van der Waals surface area (Å²) in [5.41, 5.74) is 6.69. The van der Waals surface area contributed by atoms with Gasteiger partial charge >= 0.3 is 0 Å². The molecular formula is C34H48N8O4. The predicted octanol–water partition coefficient (Wildman–Crippen LogP) is 4.72. The Hall–Kier alpha value is -3.90. The van der Waals surface area contributed by atoms with Crippen LogP contribution in [0.1, 0.15) is 102 Å². The highest BCUT2D eigenvalue weighted by atomic mass is 16.3. The molecule has 4 aromatic rings. The van der Waals surface area contributed by atoms with Crippen molar-refractivity contribution in [3.63, 3.8) is 0 Å². The summed E-state index contributed by atoms with van der Waals surface area (Å²) in [5, 5.41) is 22.9. The Kier molecular flexibility index (Phi) is 12.1. The van der Waals surface area contributed by atoms with Crippen LogP contribution < -0.4 is 22.2 Å². The highest BCUT2D eigenvalue weighted by Gasteiger charge is 2.21. The molecule has 0 aromatic carbocycles. The molecule has 0 saturated heterocycles. The van der Waals surface area contributed by atoms with E-state index in [9.17, 15) is 9.59 Å². The Balaban J connectivity index is 0.000000156. The normalized spacial score (nSPS) is 17.7. The van der Waals surface area contributed by atoms with Crippen molar-refractivity contribution in [3.8, 4) is 0 Å². The van der Waals surface area contributed by atoms with E-state index in [-0.39, 0.29) is 29.8 Å². The monoisotopic (exact) mass is 632 g/mol. The molecule has 12 heteroatoms. The van der Waals surface area contributed by atoms with Crippen molar-refractivity contribution in [1.82, 2.24) is 29.1 Å². The first-order valence-electron chi connectivity index (χ1n) is 17.0. The van der Waals surface area contributed by atoms with Gasteiger partial charge in [0.15, 0.2) is 0 Å². The van der Waals surface area contributed by atoms with Crippen LogP contribution in [0.3, 0.4) is 0 Å². The van der Waals surface area contributed by atoms with E-state index < -0.39 is 0 Å². The third-order valence-electron chi connectivity index (χ3n) is 9.15. The van der Waals surface area contributed by atoms with E-state index in [2.05, 4.69) is 20.3 Å². The molecule has 0 aliphatic heterocycles. The van der Waals surface area contributed by atoms with Crippen LogP contribution in [0.2, 0.25) is 0 Å². The van der Waals surface area contributed by atoms with Crippen LogP contribution in [0, 0.1) is 0 Å². The average Bonchev–Trinajstić information content (AvgIpc) is 3.60. The average molecular weight is 633 g/mol. The number of nitrogen functional groups attached to an aromatic ring is 1. The van der Waals surface area contributed by atoms with Gasteiger partial charge in [0.1, 0.15) is 11.3 Å². The molecule has 12 nitrogen and oxygen atoms in total. The number of nitrogens with zero attached hydrogens (tertiary/aromatic N) is 6. The van der Waals surface area contributed by atoms with Crippen molar-refractivity contribution in [1.29, 1.82) is 0 Å². The fourth-order valence-corrected chi connectivity index (χ4v) is 6.66. The molecule has 0 radical (unpaired) electrons. The summed E-state index contributed by atoms with van der Waals surface area (Å²) in [6.07, 6.45) is 20.7. The van der Waals surface area contributed by atoms with Crippen LogP contribution >= 0.6 is 0 Å². The minimum Gasteiger partial charge on any atom is -0.396 e.